The molecule has 1 saturated heterocycles. The van der Waals surface area contributed by atoms with Crippen molar-refractivity contribution in [2.45, 2.75) is 81.7 Å². The number of likely N-dealkylation sites (tertiary alicyclic amines) is 1. The molecule has 1 saturated carbocycles. The lowest BCUT2D eigenvalue weighted by Crippen LogP contribution is -2.48. The fourth-order valence-electron chi connectivity index (χ4n) is 5.91. The number of benzene rings is 2. The number of carbonyl (C=O) groups excluding carboxylic acids is 1. The van der Waals surface area contributed by atoms with E-state index in [1.807, 2.05) is 6.07 Å². The Hall–Kier alpha value is -2.42. The number of hydrogen-bond donors (Lipinski definition) is 2. The number of nitrogens with one attached hydrogen (secondary N) is 2. The molecule has 208 valence electrons. The maximum atomic E-state index is 13.4. The molecule has 1 atom stereocenters. The Bertz CT molecular complexity index is 1120. The fourth-order valence-corrected chi connectivity index (χ4v) is 7.22. The number of sulfonamides is 1. The van der Waals surface area contributed by atoms with Crippen LogP contribution in [0.25, 0.3) is 0 Å². The molecular formula is C30H43N3O4S. The van der Waals surface area contributed by atoms with Gasteiger partial charge in [-0.3, -0.25) is 4.79 Å². The minimum absolute atomic E-state index is 0.0788. The van der Waals surface area contributed by atoms with Gasteiger partial charge in [0.25, 0.3) is 0 Å². The van der Waals surface area contributed by atoms with Crippen molar-refractivity contribution in [2.75, 3.05) is 26.7 Å². The molecule has 2 aromatic carbocycles. The average Bonchev–Trinajstić information content (AvgIpc) is 3.44. The molecule has 0 aromatic heterocycles. The van der Waals surface area contributed by atoms with Crippen LogP contribution in [-0.2, 0) is 21.2 Å². The first-order valence-corrected chi connectivity index (χ1v) is 15.6. The third-order valence-corrected chi connectivity index (χ3v) is 9.99. The summed E-state index contributed by atoms with van der Waals surface area (Å²) in [7, 11) is -2.00. The molecule has 2 N–H and O–H groups in total. The number of amides is 1. The zero-order valence-corrected chi connectivity index (χ0v) is 23.6. The first-order valence-electron chi connectivity index (χ1n) is 14.1. The van der Waals surface area contributed by atoms with Gasteiger partial charge in [-0.25, -0.2) is 13.1 Å². The Morgan fingerprint density at radius 3 is 2.32 bits per heavy atom. The van der Waals surface area contributed by atoms with Gasteiger partial charge < -0.3 is 15.0 Å². The van der Waals surface area contributed by atoms with Crippen molar-refractivity contribution < 1.29 is 17.9 Å². The fraction of sp³-hybridized carbons (Fsp3) is 0.567. The number of piperidine rings is 1. The van der Waals surface area contributed by atoms with Crippen molar-refractivity contribution in [3.63, 3.8) is 0 Å². The summed E-state index contributed by atoms with van der Waals surface area (Å²) in [6.07, 6.45) is 8.41. The van der Waals surface area contributed by atoms with Gasteiger partial charge >= 0.3 is 0 Å². The topological polar surface area (TPSA) is 87.7 Å². The molecule has 0 unspecified atom stereocenters. The number of hydrogen-bond acceptors (Lipinski definition) is 5. The molecule has 38 heavy (non-hydrogen) atoms. The highest BCUT2D eigenvalue weighted by Crippen LogP contribution is 2.41. The number of rotatable bonds is 12. The minimum atomic E-state index is -3.56. The summed E-state index contributed by atoms with van der Waals surface area (Å²) in [4.78, 5) is 16.0. The van der Waals surface area contributed by atoms with Crippen LogP contribution in [0.3, 0.4) is 0 Å². The van der Waals surface area contributed by atoms with Crippen LogP contribution >= 0.6 is 0 Å². The van der Waals surface area contributed by atoms with E-state index in [1.54, 1.807) is 31.4 Å². The highest BCUT2D eigenvalue weighted by molar-refractivity contribution is 7.89. The summed E-state index contributed by atoms with van der Waals surface area (Å²) < 4.78 is 33.7. The Morgan fingerprint density at radius 1 is 1.05 bits per heavy atom. The van der Waals surface area contributed by atoms with Gasteiger partial charge in [-0.1, -0.05) is 50.1 Å². The first-order chi connectivity index (χ1) is 18.3. The molecule has 0 bridgehead atoms. The van der Waals surface area contributed by atoms with Crippen molar-refractivity contribution in [1.82, 2.24) is 14.9 Å². The van der Waals surface area contributed by atoms with E-state index in [4.69, 9.17) is 4.74 Å². The Morgan fingerprint density at radius 2 is 1.71 bits per heavy atom. The quantitative estimate of drug-likeness (QED) is 0.412. The second-order valence-electron chi connectivity index (χ2n) is 10.9. The number of nitrogens with zero attached hydrogens (tertiary/aromatic N) is 1. The Labute approximate surface area is 228 Å². The maximum absolute atomic E-state index is 13.4. The lowest BCUT2D eigenvalue weighted by molar-refractivity contribution is -0.131. The van der Waals surface area contributed by atoms with E-state index >= 15 is 0 Å². The third kappa shape index (κ3) is 7.36. The van der Waals surface area contributed by atoms with Crippen molar-refractivity contribution in [3.05, 3.63) is 60.2 Å². The highest BCUT2D eigenvalue weighted by atomic mass is 32.2. The number of carbonyl (C=O) groups is 1. The molecule has 1 heterocycles. The Balaban J connectivity index is 1.30. The highest BCUT2D eigenvalue weighted by Gasteiger charge is 2.40. The summed E-state index contributed by atoms with van der Waals surface area (Å²) in [5, 5.41) is 3.44. The van der Waals surface area contributed by atoms with Gasteiger partial charge in [0, 0.05) is 24.0 Å². The van der Waals surface area contributed by atoms with Gasteiger partial charge in [0.05, 0.1) is 12.0 Å². The van der Waals surface area contributed by atoms with Crippen molar-refractivity contribution in [1.29, 1.82) is 0 Å². The van der Waals surface area contributed by atoms with Crippen LogP contribution in [0, 0.1) is 5.41 Å². The van der Waals surface area contributed by atoms with Gasteiger partial charge in [-0.2, -0.15) is 0 Å². The van der Waals surface area contributed by atoms with Gasteiger partial charge in [0.2, 0.25) is 15.9 Å². The van der Waals surface area contributed by atoms with Crippen LogP contribution < -0.4 is 14.8 Å². The predicted octanol–water partition coefficient (Wildman–Crippen LogP) is 4.53. The normalized spacial score (nSPS) is 19.2. The summed E-state index contributed by atoms with van der Waals surface area (Å²) in [5.74, 6) is 0.859. The number of ether oxygens (including phenoxy) is 1. The largest absolute Gasteiger partial charge is 0.497 e. The molecule has 4 rings (SSSR count). The zero-order valence-electron chi connectivity index (χ0n) is 22.8. The van der Waals surface area contributed by atoms with E-state index in [9.17, 15) is 13.2 Å². The number of methoxy groups -OCH3 is 1. The molecule has 2 fully saturated rings. The van der Waals surface area contributed by atoms with E-state index < -0.39 is 10.0 Å². The summed E-state index contributed by atoms with van der Waals surface area (Å²) in [6, 6.07) is 16.9. The minimum Gasteiger partial charge on any atom is -0.497 e. The average molecular weight is 542 g/mol. The van der Waals surface area contributed by atoms with E-state index in [1.165, 1.54) is 5.56 Å². The lowest BCUT2D eigenvalue weighted by atomic mass is 9.82. The molecule has 1 aliphatic heterocycles. The molecule has 1 amide bonds. The summed E-state index contributed by atoms with van der Waals surface area (Å²) in [6.45, 7) is 4.69. The lowest BCUT2D eigenvalue weighted by Gasteiger charge is -2.34. The third-order valence-electron chi connectivity index (χ3n) is 8.45. The molecule has 2 aromatic rings. The molecule has 1 aliphatic carbocycles. The molecule has 2 aliphatic rings. The zero-order chi connectivity index (χ0) is 27.0. The van der Waals surface area contributed by atoms with Gasteiger partial charge in [-0.15, -0.1) is 0 Å². The van der Waals surface area contributed by atoms with Crippen LogP contribution in [0.4, 0.5) is 0 Å². The Kier molecular flexibility index (Phi) is 9.85. The monoisotopic (exact) mass is 541 g/mol. The van der Waals surface area contributed by atoms with E-state index in [0.29, 0.717) is 5.75 Å². The maximum Gasteiger partial charge on any atom is 0.240 e. The summed E-state index contributed by atoms with van der Waals surface area (Å²) in [5.41, 5.74) is 1.04. The molecule has 0 radical (unpaired) electrons. The van der Waals surface area contributed by atoms with Gasteiger partial charge in [0.15, 0.2) is 0 Å². The van der Waals surface area contributed by atoms with E-state index in [-0.39, 0.29) is 28.3 Å². The molecule has 7 nitrogen and oxygen atoms in total. The van der Waals surface area contributed by atoms with E-state index in [2.05, 4.69) is 46.1 Å². The second kappa shape index (κ2) is 13.1. The molecule has 0 spiro atoms. The van der Waals surface area contributed by atoms with Crippen molar-refractivity contribution >= 4 is 15.9 Å². The van der Waals surface area contributed by atoms with Crippen LogP contribution in [0.1, 0.15) is 63.9 Å². The van der Waals surface area contributed by atoms with Crippen molar-refractivity contribution in [2.24, 2.45) is 5.41 Å². The second-order valence-corrected chi connectivity index (χ2v) is 12.6. The SMILES string of the molecule is CCC1(C(=O)N[C@H](CCN2CCC(NS(=O)(=O)c3ccc(OC)cc3)CC2)Cc2ccccc2)CCCC1. The first kappa shape index (κ1) is 28.6. The van der Waals surface area contributed by atoms with Gasteiger partial charge in [-0.05, 0) is 87.9 Å². The van der Waals surface area contributed by atoms with Crippen LogP contribution in [-0.4, -0.2) is 58.1 Å². The van der Waals surface area contributed by atoms with E-state index in [0.717, 1.165) is 77.4 Å². The summed E-state index contributed by atoms with van der Waals surface area (Å²) >= 11 is 0. The predicted molar refractivity (Wildman–Crippen MR) is 151 cm³/mol. The van der Waals surface area contributed by atoms with Crippen molar-refractivity contribution in [3.8, 4) is 5.75 Å². The van der Waals surface area contributed by atoms with Crippen LogP contribution in [0.5, 0.6) is 5.75 Å². The molecular weight excluding hydrogens is 498 g/mol. The smallest absolute Gasteiger partial charge is 0.240 e. The van der Waals surface area contributed by atoms with Crippen LogP contribution in [0.15, 0.2) is 59.5 Å². The standard InChI is InChI=1S/C30H43N3O4S/c1-3-30(18-7-8-19-30)29(34)31-26(23-24-9-5-4-6-10-24)17-22-33-20-15-25(16-21-33)32-38(35,36)28-13-11-27(37-2)12-14-28/h4-6,9-14,25-26,32H,3,7-8,15-23H2,1-2H3,(H,31,34)/t26-/m1/s1. The molecule has 8 heteroatoms. The van der Waals surface area contributed by atoms with Crippen LogP contribution in [0.2, 0.25) is 0 Å². The van der Waals surface area contributed by atoms with Gasteiger partial charge in [0.1, 0.15) is 5.75 Å².